The summed E-state index contributed by atoms with van der Waals surface area (Å²) < 4.78 is 23.3. The molecule has 0 bridgehead atoms. The molecule has 0 N–H and O–H groups in total. The van der Waals surface area contributed by atoms with Crippen molar-refractivity contribution in [2.24, 2.45) is 0 Å². The molecule has 0 unspecified atom stereocenters. The Bertz CT molecular complexity index is 681. The third-order valence-corrected chi connectivity index (χ3v) is 3.40. The second-order valence-corrected chi connectivity index (χ2v) is 5.12. The predicted octanol–water partition coefficient (Wildman–Crippen LogP) is 3.81. The van der Waals surface area contributed by atoms with Gasteiger partial charge in [0.2, 0.25) is 5.88 Å². The van der Waals surface area contributed by atoms with Gasteiger partial charge >= 0.3 is 5.97 Å². The highest BCUT2D eigenvalue weighted by Gasteiger charge is 2.24. The predicted molar refractivity (Wildman–Crippen MR) is 81.6 cm³/mol. The average molecular weight is 303 g/mol. The molecule has 1 aromatic heterocycles. The molecule has 0 fully saturated rings. The lowest BCUT2D eigenvalue weighted by molar-refractivity contribution is 0.0599. The van der Waals surface area contributed by atoms with Crippen molar-refractivity contribution >= 4 is 5.97 Å². The molecule has 0 aliphatic carbocycles. The van der Waals surface area contributed by atoms with Gasteiger partial charge in [-0.2, -0.15) is 0 Å². The van der Waals surface area contributed by atoms with Crippen LogP contribution >= 0.6 is 0 Å². The fourth-order valence-corrected chi connectivity index (χ4v) is 2.38. The summed E-state index contributed by atoms with van der Waals surface area (Å²) in [6.45, 7) is 3.89. The lowest BCUT2D eigenvalue weighted by Crippen LogP contribution is -2.12. The number of hydrogen-bond donors (Lipinski definition) is 0. The van der Waals surface area contributed by atoms with Crippen LogP contribution in [0.5, 0.6) is 5.88 Å². The quantitative estimate of drug-likeness (QED) is 0.806. The van der Waals surface area contributed by atoms with E-state index in [-0.39, 0.29) is 11.7 Å². The Morgan fingerprint density at radius 1 is 1.18 bits per heavy atom. The van der Waals surface area contributed by atoms with Crippen LogP contribution in [0, 0.1) is 5.82 Å². The highest BCUT2D eigenvalue weighted by Crippen LogP contribution is 2.35. The number of esters is 1. The number of carbonyl (C=O) groups is 1. The lowest BCUT2D eigenvalue weighted by Gasteiger charge is -2.18. The highest BCUT2D eigenvalue weighted by molar-refractivity contribution is 5.99. The SMILES string of the molecule is COC(=O)c1c(-c2ccc(F)cc2)cnc(OC)c1C(C)C. The molecule has 1 aromatic carbocycles. The molecule has 1 heterocycles. The maximum Gasteiger partial charge on any atom is 0.339 e. The lowest BCUT2D eigenvalue weighted by atomic mass is 9.92. The van der Waals surface area contributed by atoms with E-state index in [9.17, 15) is 9.18 Å². The molecule has 0 spiro atoms. The van der Waals surface area contributed by atoms with Gasteiger partial charge in [0, 0.05) is 17.3 Å². The van der Waals surface area contributed by atoms with E-state index in [2.05, 4.69) is 4.98 Å². The third-order valence-electron chi connectivity index (χ3n) is 3.40. The van der Waals surface area contributed by atoms with Crippen LogP contribution in [0.25, 0.3) is 11.1 Å². The fraction of sp³-hybridized carbons (Fsp3) is 0.294. The first-order chi connectivity index (χ1) is 10.5. The van der Waals surface area contributed by atoms with Crippen LogP contribution in [0.3, 0.4) is 0 Å². The van der Waals surface area contributed by atoms with Crippen molar-refractivity contribution in [2.75, 3.05) is 14.2 Å². The number of rotatable bonds is 4. The van der Waals surface area contributed by atoms with Crippen LogP contribution in [0.15, 0.2) is 30.5 Å². The van der Waals surface area contributed by atoms with Gasteiger partial charge in [0.25, 0.3) is 0 Å². The van der Waals surface area contributed by atoms with Crippen molar-refractivity contribution in [1.29, 1.82) is 0 Å². The molecule has 0 saturated carbocycles. The summed E-state index contributed by atoms with van der Waals surface area (Å²) in [5, 5.41) is 0. The zero-order chi connectivity index (χ0) is 16.3. The minimum atomic E-state index is -0.469. The third kappa shape index (κ3) is 2.93. The Morgan fingerprint density at radius 3 is 2.32 bits per heavy atom. The smallest absolute Gasteiger partial charge is 0.339 e. The number of pyridine rings is 1. The molecule has 0 amide bonds. The first kappa shape index (κ1) is 15.9. The maximum absolute atomic E-state index is 13.1. The van der Waals surface area contributed by atoms with Crippen molar-refractivity contribution in [2.45, 2.75) is 19.8 Å². The summed E-state index contributed by atoms with van der Waals surface area (Å²) in [4.78, 5) is 16.6. The van der Waals surface area contributed by atoms with Crippen LogP contribution in [0.4, 0.5) is 4.39 Å². The Balaban J connectivity index is 2.75. The minimum absolute atomic E-state index is 0.0111. The zero-order valence-electron chi connectivity index (χ0n) is 13.0. The molecule has 0 saturated heterocycles. The van der Waals surface area contributed by atoms with Gasteiger partial charge in [0.1, 0.15) is 5.82 Å². The van der Waals surface area contributed by atoms with Crippen molar-refractivity contribution in [3.63, 3.8) is 0 Å². The van der Waals surface area contributed by atoms with E-state index in [1.54, 1.807) is 18.3 Å². The van der Waals surface area contributed by atoms with Crippen molar-refractivity contribution < 1.29 is 18.7 Å². The van der Waals surface area contributed by atoms with E-state index >= 15 is 0 Å². The average Bonchev–Trinajstić information content (AvgIpc) is 2.53. The van der Waals surface area contributed by atoms with Crippen molar-refractivity contribution in [1.82, 2.24) is 4.98 Å². The first-order valence-electron chi connectivity index (χ1n) is 6.90. The Hall–Kier alpha value is -2.43. The second kappa shape index (κ2) is 6.56. The summed E-state index contributed by atoms with van der Waals surface area (Å²) in [5.41, 5.74) is 2.36. The maximum atomic E-state index is 13.1. The molecule has 2 rings (SSSR count). The van der Waals surface area contributed by atoms with E-state index in [1.165, 1.54) is 26.4 Å². The number of methoxy groups -OCH3 is 2. The van der Waals surface area contributed by atoms with Gasteiger partial charge in [-0.05, 0) is 23.6 Å². The van der Waals surface area contributed by atoms with Gasteiger partial charge in [0.05, 0.1) is 19.8 Å². The van der Waals surface area contributed by atoms with Gasteiger partial charge < -0.3 is 9.47 Å². The molecule has 0 atom stereocenters. The first-order valence-corrected chi connectivity index (χ1v) is 6.90. The number of aromatic nitrogens is 1. The molecule has 22 heavy (non-hydrogen) atoms. The number of hydrogen-bond acceptors (Lipinski definition) is 4. The topological polar surface area (TPSA) is 48.4 Å². The number of carbonyl (C=O) groups excluding carboxylic acids is 1. The number of ether oxygens (including phenoxy) is 2. The van der Waals surface area contributed by atoms with Gasteiger partial charge in [-0.3, -0.25) is 0 Å². The van der Waals surface area contributed by atoms with Crippen LogP contribution in [-0.4, -0.2) is 25.2 Å². The van der Waals surface area contributed by atoms with Gasteiger partial charge in [-0.1, -0.05) is 26.0 Å². The molecule has 0 aliphatic rings. The van der Waals surface area contributed by atoms with Gasteiger partial charge in [-0.25, -0.2) is 14.2 Å². The number of halogens is 1. The summed E-state index contributed by atoms with van der Waals surface area (Å²) in [6.07, 6.45) is 1.55. The van der Waals surface area contributed by atoms with E-state index in [0.717, 1.165) is 0 Å². The van der Waals surface area contributed by atoms with E-state index in [4.69, 9.17) is 9.47 Å². The Morgan fingerprint density at radius 2 is 1.82 bits per heavy atom. The molecule has 0 aliphatic heterocycles. The monoisotopic (exact) mass is 303 g/mol. The van der Waals surface area contributed by atoms with Gasteiger partial charge in [0.15, 0.2) is 0 Å². The van der Waals surface area contributed by atoms with Crippen LogP contribution in [0.2, 0.25) is 0 Å². The second-order valence-electron chi connectivity index (χ2n) is 5.12. The van der Waals surface area contributed by atoms with Crippen LogP contribution < -0.4 is 4.74 Å². The summed E-state index contributed by atoms with van der Waals surface area (Å²) >= 11 is 0. The molecule has 5 heteroatoms. The Labute approximate surface area is 128 Å². The van der Waals surface area contributed by atoms with Crippen LogP contribution in [0.1, 0.15) is 35.7 Å². The molecule has 0 radical (unpaired) electrons. The van der Waals surface area contributed by atoms with Crippen molar-refractivity contribution in [3.05, 3.63) is 47.4 Å². The fourth-order valence-electron chi connectivity index (χ4n) is 2.38. The van der Waals surface area contributed by atoms with Gasteiger partial charge in [-0.15, -0.1) is 0 Å². The standard InChI is InChI=1S/C17H18FNO3/c1-10(2)14-15(17(20)22-4)13(9-19-16(14)21-3)11-5-7-12(18)8-6-11/h5-10H,1-4H3. The van der Waals surface area contributed by atoms with E-state index in [1.807, 2.05) is 13.8 Å². The number of benzene rings is 1. The Kier molecular flexibility index (Phi) is 4.75. The van der Waals surface area contributed by atoms with E-state index in [0.29, 0.717) is 28.1 Å². The van der Waals surface area contributed by atoms with Crippen molar-refractivity contribution in [3.8, 4) is 17.0 Å². The highest BCUT2D eigenvalue weighted by atomic mass is 19.1. The summed E-state index contributed by atoms with van der Waals surface area (Å²) in [5.74, 6) is -0.407. The summed E-state index contributed by atoms with van der Waals surface area (Å²) in [7, 11) is 2.83. The molecular weight excluding hydrogens is 285 g/mol. The largest absolute Gasteiger partial charge is 0.481 e. The normalized spacial score (nSPS) is 10.6. The molecule has 116 valence electrons. The molecular formula is C17H18FNO3. The summed E-state index contributed by atoms with van der Waals surface area (Å²) in [6, 6.07) is 5.90. The zero-order valence-corrected chi connectivity index (χ0v) is 13.0. The van der Waals surface area contributed by atoms with E-state index < -0.39 is 5.97 Å². The molecule has 2 aromatic rings. The molecule has 4 nitrogen and oxygen atoms in total. The minimum Gasteiger partial charge on any atom is -0.481 e. The number of nitrogens with zero attached hydrogens (tertiary/aromatic N) is 1. The van der Waals surface area contributed by atoms with Crippen LogP contribution in [-0.2, 0) is 4.74 Å².